The Kier molecular flexibility index (Phi) is 9.63. The number of rotatable bonds is 8. The standard InChI is InChI=1S/C29H38F2N4O4/c1-19(20-10-7-6-8-11-20)23-16-21(17-24(34-23)26(37)32-5)25(36)33-14-9-12-22-13-15-35(18-29(22,30)31)27(38)39-28(2,3)4/h6-8,10-11,16-17,19,22H,9,12-15,18H2,1-5H3,(H,32,37)(H,33,36)/t19?,22-/m1/s1. The summed E-state index contributed by atoms with van der Waals surface area (Å²) in [5.74, 6) is -4.92. The van der Waals surface area contributed by atoms with Gasteiger partial charge in [0.1, 0.15) is 11.3 Å². The molecule has 39 heavy (non-hydrogen) atoms. The molecule has 212 valence electrons. The third-order valence-corrected chi connectivity index (χ3v) is 6.72. The van der Waals surface area contributed by atoms with Crippen LogP contribution in [0.3, 0.4) is 0 Å². The zero-order valence-electron chi connectivity index (χ0n) is 23.2. The normalized spacial score (nSPS) is 17.7. The van der Waals surface area contributed by atoms with Crippen molar-refractivity contribution in [3.63, 3.8) is 0 Å². The number of carbonyl (C=O) groups is 3. The number of halogens is 2. The van der Waals surface area contributed by atoms with Gasteiger partial charge in [-0.15, -0.1) is 0 Å². The maximum absolute atomic E-state index is 14.8. The van der Waals surface area contributed by atoms with E-state index in [2.05, 4.69) is 15.6 Å². The van der Waals surface area contributed by atoms with E-state index >= 15 is 0 Å². The number of hydrogen-bond acceptors (Lipinski definition) is 5. The average molecular weight is 545 g/mol. The van der Waals surface area contributed by atoms with Crippen molar-refractivity contribution >= 4 is 17.9 Å². The van der Waals surface area contributed by atoms with Gasteiger partial charge in [-0.3, -0.25) is 9.59 Å². The minimum atomic E-state index is -3.05. The summed E-state index contributed by atoms with van der Waals surface area (Å²) in [4.78, 5) is 43.0. The number of amides is 3. The van der Waals surface area contributed by atoms with Crippen molar-refractivity contribution in [1.82, 2.24) is 20.5 Å². The number of pyridine rings is 1. The number of benzene rings is 1. The SMILES string of the molecule is CNC(=O)c1cc(C(=O)NCCC[C@@H]2CCN(C(=O)OC(C)(C)C)CC2(F)F)cc(C(C)c2ccccc2)n1. The van der Waals surface area contributed by atoms with Gasteiger partial charge in [-0.1, -0.05) is 37.3 Å². The fourth-order valence-corrected chi connectivity index (χ4v) is 4.54. The van der Waals surface area contributed by atoms with Crippen LogP contribution in [-0.2, 0) is 4.74 Å². The second-order valence-corrected chi connectivity index (χ2v) is 10.9. The largest absolute Gasteiger partial charge is 0.444 e. The minimum absolute atomic E-state index is 0.124. The summed E-state index contributed by atoms with van der Waals surface area (Å²) < 4.78 is 34.8. The van der Waals surface area contributed by atoms with Gasteiger partial charge in [0.2, 0.25) is 0 Å². The second kappa shape index (κ2) is 12.5. The van der Waals surface area contributed by atoms with Gasteiger partial charge >= 0.3 is 6.09 Å². The Bertz CT molecular complexity index is 1170. The number of hydrogen-bond donors (Lipinski definition) is 2. The molecule has 0 spiro atoms. The van der Waals surface area contributed by atoms with Gasteiger partial charge in [0, 0.05) is 43.2 Å². The summed E-state index contributed by atoms with van der Waals surface area (Å²) in [6, 6.07) is 12.7. The van der Waals surface area contributed by atoms with Crippen LogP contribution < -0.4 is 10.6 Å². The molecule has 2 atom stereocenters. The van der Waals surface area contributed by atoms with Gasteiger partial charge in [-0.25, -0.2) is 18.6 Å². The highest BCUT2D eigenvalue weighted by Crippen LogP contribution is 2.36. The van der Waals surface area contributed by atoms with Crippen molar-refractivity contribution in [1.29, 1.82) is 0 Å². The zero-order valence-corrected chi connectivity index (χ0v) is 23.2. The van der Waals surface area contributed by atoms with Crippen molar-refractivity contribution in [3.05, 3.63) is 65.0 Å². The van der Waals surface area contributed by atoms with E-state index in [1.165, 1.54) is 13.1 Å². The quantitative estimate of drug-likeness (QED) is 0.456. The molecule has 0 bridgehead atoms. The molecule has 2 heterocycles. The average Bonchev–Trinajstić information content (AvgIpc) is 2.89. The van der Waals surface area contributed by atoms with Crippen LogP contribution in [-0.4, -0.2) is 66.0 Å². The fraction of sp³-hybridized carbons (Fsp3) is 0.517. The highest BCUT2D eigenvalue weighted by molar-refractivity contribution is 5.98. The minimum Gasteiger partial charge on any atom is -0.444 e. The summed E-state index contributed by atoms with van der Waals surface area (Å²) in [7, 11) is 1.49. The Morgan fingerprint density at radius 2 is 1.85 bits per heavy atom. The van der Waals surface area contributed by atoms with Crippen molar-refractivity contribution in [2.75, 3.05) is 26.7 Å². The smallest absolute Gasteiger partial charge is 0.410 e. The lowest BCUT2D eigenvalue weighted by Crippen LogP contribution is -2.51. The van der Waals surface area contributed by atoms with E-state index in [1.54, 1.807) is 26.8 Å². The molecule has 2 aromatic rings. The second-order valence-electron chi connectivity index (χ2n) is 10.9. The number of piperidine rings is 1. The topological polar surface area (TPSA) is 101 Å². The van der Waals surface area contributed by atoms with E-state index < -0.39 is 41.9 Å². The first-order chi connectivity index (χ1) is 18.3. The molecule has 2 N–H and O–H groups in total. The van der Waals surface area contributed by atoms with Crippen LogP contribution >= 0.6 is 0 Å². The van der Waals surface area contributed by atoms with Gasteiger partial charge in [0.15, 0.2) is 0 Å². The number of carbonyl (C=O) groups excluding carboxylic acids is 3. The van der Waals surface area contributed by atoms with Gasteiger partial charge in [0.25, 0.3) is 17.7 Å². The first kappa shape index (κ1) is 30.0. The van der Waals surface area contributed by atoms with E-state index in [0.29, 0.717) is 12.1 Å². The number of aromatic nitrogens is 1. The molecule has 1 aliphatic heterocycles. The Hall–Kier alpha value is -3.56. The first-order valence-corrected chi connectivity index (χ1v) is 13.2. The summed E-state index contributed by atoms with van der Waals surface area (Å²) in [5.41, 5.74) is 1.21. The summed E-state index contributed by atoms with van der Waals surface area (Å²) in [6.45, 7) is 6.74. The molecule has 8 nitrogen and oxygen atoms in total. The van der Waals surface area contributed by atoms with Crippen molar-refractivity contribution in [3.8, 4) is 0 Å². The van der Waals surface area contributed by atoms with Gasteiger partial charge in [-0.2, -0.15) is 0 Å². The van der Waals surface area contributed by atoms with E-state index in [4.69, 9.17) is 4.74 Å². The predicted molar refractivity (Wildman–Crippen MR) is 144 cm³/mol. The number of alkyl halides is 2. The van der Waals surface area contributed by atoms with Crippen molar-refractivity contribution in [2.24, 2.45) is 5.92 Å². The van der Waals surface area contributed by atoms with Crippen LogP contribution in [0.1, 0.15) is 85.0 Å². The predicted octanol–water partition coefficient (Wildman–Crippen LogP) is 5.00. The lowest BCUT2D eigenvalue weighted by atomic mass is 9.89. The lowest BCUT2D eigenvalue weighted by molar-refractivity contribution is -0.112. The molecule has 1 fully saturated rings. The van der Waals surface area contributed by atoms with E-state index in [1.807, 2.05) is 37.3 Å². The van der Waals surface area contributed by atoms with Crippen molar-refractivity contribution in [2.45, 2.75) is 64.4 Å². The molecule has 1 saturated heterocycles. The fourth-order valence-electron chi connectivity index (χ4n) is 4.54. The Morgan fingerprint density at radius 1 is 1.15 bits per heavy atom. The maximum atomic E-state index is 14.8. The Morgan fingerprint density at radius 3 is 2.46 bits per heavy atom. The highest BCUT2D eigenvalue weighted by atomic mass is 19.3. The van der Waals surface area contributed by atoms with Crippen LogP contribution in [0, 0.1) is 5.92 Å². The molecule has 0 aliphatic carbocycles. The van der Waals surface area contributed by atoms with Crippen LogP contribution in [0.25, 0.3) is 0 Å². The molecular formula is C29H38F2N4O4. The van der Waals surface area contributed by atoms with E-state index in [0.717, 1.165) is 10.5 Å². The monoisotopic (exact) mass is 544 g/mol. The molecule has 3 amide bonds. The Labute approximate surface area is 228 Å². The first-order valence-electron chi connectivity index (χ1n) is 13.2. The Balaban J connectivity index is 1.59. The zero-order chi connectivity index (χ0) is 28.8. The highest BCUT2D eigenvalue weighted by Gasteiger charge is 2.46. The molecule has 1 unspecified atom stereocenters. The lowest BCUT2D eigenvalue weighted by Gasteiger charge is -2.38. The van der Waals surface area contributed by atoms with Gasteiger partial charge in [0.05, 0.1) is 6.54 Å². The number of nitrogens with one attached hydrogen (secondary N) is 2. The van der Waals surface area contributed by atoms with Crippen LogP contribution in [0.2, 0.25) is 0 Å². The maximum Gasteiger partial charge on any atom is 0.410 e. The number of ether oxygens (including phenoxy) is 1. The van der Waals surface area contributed by atoms with E-state index in [-0.39, 0.29) is 43.1 Å². The summed E-state index contributed by atoms with van der Waals surface area (Å²) >= 11 is 0. The van der Waals surface area contributed by atoms with E-state index in [9.17, 15) is 23.2 Å². The molecule has 1 aromatic carbocycles. The molecule has 3 rings (SSSR count). The van der Waals surface area contributed by atoms with Crippen LogP contribution in [0.5, 0.6) is 0 Å². The third kappa shape index (κ3) is 8.21. The van der Waals surface area contributed by atoms with Gasteiger partial charge in [-0.05, 0) is 57.7 Å². The molecule has 1 aromatic heterocycles. The summed E-state index contributed by atoms with van der Waals surface area (Å²) in [5, 5.41) is 5.31. The summed E-state index contributed by atoms with van der Waals surface area (Å²) in [6.07, 6.45) is -0.0341. The molecular weight excluding hydrogens is 506 g/mol. The van der Waals surface area contributed by atoms with Gasteiger partial charge < -0.3 is 20.3 Å². The van der Waals surface area contributed by atoms with Crippen LogP contribution in [0.15, 0.2) is 42.5 Å². The molecule has 0 radical (unpaired) electrons. The molecule has 0 saturated carbocycles. The molecule has 10 heteroatoms. The number of nitrogens with zero attached hydrogens (tertiary/aromatic N) is 2. The van der Waals surface area contributed by atoms with Crippen LogP contribution in [0.4, 0.5) is 13.6 Å². The molecule has 1 aliphatic rings. The van der Waals surface area contributed by atoms with Crippen molar-refractivity contribution < 1.29 is 27.9 Å². The third-order valence-electron chi connectivity index (χ3n) is 6.72. The number of likely N-dealkylation sites (tertiary alicyclic amines) is 1.